The number of rotatable bonds is 9. The largest absolute Gasteiger partial charge is 0.380 e. The van der Waals surface area contributed by atoms with Gasteiger partial charge in [-0.3, -0.25) is 4.79 Å². The number of hydrogen-bond donors (Lipinski definition) is 1. The van der Waals surface area contributed by atoms with Crippen LogP contribution in [0.15, 0.2) is 0 Å². The summed E-state index contributed by atoms with van der Waals surface area (Å²) >= 11 is 0. The number of nitrogens with one attached hydrogen (secondary N) is 1. The lowest BCUT2D eigenvalue weighted by molar-refractivity contribution is -0.129. The molecule has 4 nitrogen and oxygen atoms in total. The lowest BCUT2D eigenvalue weighted by Gasteiger charge is -2.16. The van der Waals surface area contributed by atoms with E-state index in [0.717, 1.165) is 19.6 Å². The molecule has 0 aliphatic heterocycles. The second-order valence-corrected chi connectivity index (χ2v) is 5.21. The molecule has 17 heavy (non-hydrogen) atoms. The first-order valence-corrected chi connectivity index (χ1v) is 6.65. The van der Waals surface area contributed by atoms with Crippen LogP contribution in [0, 0.1) is 5.92 Å². The molecule has 1 rings (SSSR count). The predicted octanol–water partition coefficient (Wildman–Crippen LogP) is 1.26. The van der Waals surface area contributed by atoms with E-state index in [-0.39, 0.29) is 5.91 Å². The molecule has 1 saturated carbocycles. The van der Waals surface area contributed by atoms with Gasteiger partial charge in [-0.15, -0.1) is 0 Å². The van der Waals surface area contributed by atoms with Crippen LogP contribution < -0.4 is 5.32 Å². The number of hydrogen-bond acceptors (Lipinski definition) is 3. The molecule has 1 fully saturated rings. The molecule has 0 saturated heterocycles. The van der Waals surface area contributed by atoms with Gasteiger partial charge in [0.25, 0.3) is 0 Å². The molecule has 0 bridgehead atoms. The first-order valence-electron chi connectivity index (χ1n) is 6.65. The van der Waals surface area contributed by atoms with Gasteiger partial charge in [-0.2, -0.15) is 0 Å². The zero-order valence-corrected chi connectivity index (χ0v) is 11.4. The Hall–Kier alpha value is -0.610. The predicted molar refractivity (Wildman–Crippen MR) is 68.9 cm³/mol. The van der Waals surface area contributed by atoms with Crippen molar-refractivity contribution in [2.45, 2.75) is 39.2 Å². The molecule has 1 N–H and O–H groups in total. The fourth-order valence-electron chi connectivity index (χ4n) is 1.55. The van der Waals surface area contributed by atoms with Crippen molar-refractivity contribution < 1.29 is 9.53 Å². The third kappa shape index (κ3) is 6.64. The minimum absolute atomic E-state index is 0.190. The van der Waals surface area contributed by atoms with E-state index in [1.54, 1.807) is 0 Å². The third-order valence-electron chi connectivity index (χ3n) is 3.03. The average molecular weight is 242 g/mol. The molecule has 4 heteroatoms. The third-order valence-corrected chi connectivity index (χ3v) is 3.03. The van der Waals surface area contributed by atoms with Gasteiger partial charge < -0.3 is 15.0 Å². The van der Waals surface area contributed by atoms with Crippen molar-refractivity contribution >= 4 is 5.91 Å². The molecule has 0 radical (unpaired) electrons. The normalized spacial score (nSPS) is 15.3. The molecular weight excluding hydrogens is 216 g/mol. The summed E-state index contributed by atoms with van der Waals surface area (Å²) in [6, 6.07) is 0.506. The van der Waals surface area contributed by atoms with Gasteiger partial charge in [0.15, 0.2) is 0 Å². The first-order chi connectivity index (χ1) is 8.11. The van der Waals surface area contributed by atoms with Gasteiger partial charge in [-0.25, -0.2) is 0 Å². The molecule has 1 aliphatic carbocycles. The Kier molecular flexibility index (Phi) is 6.52. The minimum atomic E-state index is 0.190. The van der Waals surface area contributed by atoms with Crippen LogP contribution in [0.3, 0.4) is 0 Å². The van der Waals surface area contributed by atoms with Crippen LogP contribution in [0.2, 0.25) is 0 Å². The monoisotopic (exact) mass is 242 g/mol. The van der Waals surface area contributed by atoms with E-state index in [1.807, 2.05) is 11.9 Å². The zero-order chi connectivity index (χ0) is 12.7. The molecular formula is C13H26N2O2. The summed E-state index contributed by atoms with van der Waals surface area (Å²) in [4.78, 5) is 13.5. The zero-order valence-electron chi connectivity index (χ0n) is 11.4. The maximum atomic E-state index is 11.6. The van der Waals surface area contributed by atoms with Gasteiger partial charge in [0.1, 0.15) is 0 Å². The van der Waals surface area contributed by atoms with Crippen molar-refractivity contribution in [1.82, 2.24) is 10.2 Å². The minimum Gasteiger partial charge on any atom is -0.380 e. The van der Waals surface area contributed by atoms with Crippen LogP contribution in [0.25, 0.3) is 0 Å². The van der Waals surface area contributed by atoms with E-state index >= 15 is 0 Å². The Labute approximate surface area is 105 Å². The Balaban J connectivity index is 1.88. The highest BCUT2D eigenvalue weighted by Gasteiger charge is 2.28. The van der Waals surface area contributed by atoms with Crippen LogP contribution >= 0.6 is 0 Å². The van der Waals surface area contributed by atoms with E-state index in [9.17, 15) is 4.79 Å². The maximum Gasteiger partial charge on any atom is 0.236 e. The quantitative estimate of drug-likeness (QED) is 0.619. The summed E-state index contributed by atoms with van der Waals surface area (Å²) in [5.41, 5.74) is 0. The Morgan fingerprint density at radius 3 is 2.71 bits per heavy atom. The van der Waals surface area contributed by atoms with Crippen LogP contribution in [0.5, 0.6) is 0 Å². The second-order valence-electron chi connectivity index (χ2n) is 5.21. The van der Waals surface area contributed by atoms with Crippen molar-refractivity contribution in [3.63, 3.8) is 0 Å². The SMILES string of the molecule is CC(C)CCOCCNCC(=O)N(C)C1CC1. The summed E-state index contributed by atoms with van der Waals surface area (Å²) in [6.45, 7) is 7.06. The molecule has 0 spiro atoms. The highest BCUT2D eigenvalue weighted by atomic mass is 16.5. The molecule has 0 aromatic heterocycles. The smallest absolute Gasteiger partial charge is 0.236 e. The van der Waals surface area contributed by atoms with Gasteiger partial charge >= 0.3 is 0 Å². The van der Waals surface area contributed by atoms with Crippen LogP contribution in [0.1, 0.15) is 33.1 Å². The number of ether oxygens (including phenoxy) is 1. The van der Waals surface area contributed by atoms with Crippen LogP contribution in [0.4, 0.5) is 0 Å². The number of amides is 1. The molecule has 0 aromatic carbocycles. The number of carbonyl (C=O) groups excluding carboxylic acids is 1. The van der Waals surface area contributed by atoms with Crippen molar-refractivity contribution in [2.24, 2.45) is 5.92 Å². The first kappa shape index (κ1) is 14.5. The van der Waals surface area contributed by atoms with Crippen molar-refractivity contribution in [3.8, 4) is 0 Å². The molecule has 0 aromatic rings. The van der Waals surface area contributed by atoms with Gasteiger partial charge in [0.05, 0.1) is 13.2 Å². The van der Waals surface area contributed by atoms with Gasteiger partial charge in [0.2, 0.25) is 5.91 Å². The molecule has 0 unspecified atom stereocenters. The number of nitrogens with zero attached hydrogens (tertiary/aromatic N) is 1. The topological polar surface area (TPSA) is 41.6 Å². The van der Waals surface area contributed by atoms with E-state index in [2.05, 4.69) is 19.2 Å². The van der Waals surface area contributed by atoms with Crippen LogP contribution in [-0.4, -0.2) is 50.2 Å². The highest BCUT2D eigenvalue weighted by Crippen LogP contribution is 2.24. The highest BCUT2D eigenvalue weighted by molar-refractivity contribution is 5.78. The van der Waals surface area contributed by atoms with Crippen molar-refractivity contribution in [2.75, 3.05) is 33.4 Å². The van der Waals surface area contributed by atoms with Crippen molar-refractivity contribution in [3.05, 3.63) is 0 Å². The van der Waals surface area contributed by atoms with Gasteiger partial charge in [0, 0.05) is 26.2 Å². The van der Waals surface area contributed by atoms with E-state index in [4.69, 9.17) is 4.74 Å². The molecule has 1 aliphatic rings. The second kappa shape index (κ2) is 7.67. The lowest BCUT2D eigenvalue weighted by atomic mass is 10.1. The average Bonchev–Trinajstić information content (AvgIpc) is 3.09. The summed E-state index contributed by atoms with van der Waals surface area (Å²) in [7, 11) is 1.89. The standard InChI is InChI=1S/C13H26N2O2/c1-11(2)6-8-17-9-7-14-10-13(16)15(3)12-4-5-12/h11-12,14H,4-10H2,1-3H3. The van der Waals surface area contributed by atoms with E-state index < -0.39 is 0 Å². The Morgan fingerprint density at radius 1 is 1.41 bits per heavy atom. The summed E-state index contributed by atoms with van der Waals surface area (Å²) in [5.74, 6) is 0.881. The Morgan fingerprint density at radius 2 is 2.12 bits per heavy atom. The van der Waals surface area contributed by atoms with Crippen LogP contribution in [-0.2, 0) is 9.53 Å². The molecule has 0 heterocycles. The number of carbonyl (C=O) groups is 1. The molecule has 100 valence electrons. The summed E-state index contributed by atoms with van der Waals surface area (Å²) < 4.78 is 5.46. The molecule has 0 atom stereocenters. The number of likely N-dealkylation sites (N-methyl/N-ethyl adjacent to an activating group) is 1. The summed E-state index contributed by atoms with van der Waals surface area (Å²) in [5, 5.41) is 3.12. The Bertz CT molecular complexity index is 227. The fraction of sp³-hybridized carbons (Fsp3) is 0.923. The van der Waals surface area contributed by atoms with Gasteiger partial charge in [-0.05, 0) is 25.2 Å². The lowest BCUT2D eigenvalue weighted by Crippen LogP contribution is -2.37. The van der Waals surface area contributed by atoms with E-state index in [0.29, 0.717) is 25.1 Å². The maximum absolute atomic E-state index is 11.6. The summed E-state index contributed by atoms with van der Waals surface area (Å²) in [6.07, 6.45) is 3.43. The van der Waals surface area contributed by atoms with Crippen molar-refractivity contribution in [1.29, 1.82) is 0 Å². The molecule has 1 amide bonds. The fourth-order valence-corrected chi connectivity index (χ4v) is 1.55. The van der Waals surface area contributed by atoms with Gasteiger partial charge in [-0.1, -0.05) is 13.8 Å². The van der Waals surface area contributed by atoms with E-state index in [1.165, 1.54) is 12.8 Å².